The van der Waals surface area contributed by atoms with Crippen LogP contribution < -0.4 is 15.8 Å². The molecule has 0 aliphatic heterocycles. The number of aromatic nitrogens is 1. The first-order valence-corrected chi connectivity index (χ1v) is 10.8. The zero-order valence-corrected chi connectivity index (χ0v) is 14.6. The van der Waals surface area contributed by atoms with E-state index in [1.165, 1.54) is 12.1 Å². The van der Waals surface area contributed by atoms with Gasteiger partial charge >= 0.3 is 0 Å². The van der Waals surface area contributed by atoms with Crippen LogP contribution in [-0.2, 0) is 9.59 Å². The topological polar surface area (TPSA) is 71.1 Å². The van der Waals surface area contributed by atoms with E-state index in [1.54, 1.807) is 6.20 Å². The molecule has 1 heterocycles. The lowest BCUT2D eigenvalue weighted by molar-refractivity contribution is -0.127. The highest BCUT2D eigenvalue weighted by Gasteiger charge is 2.24. The molecule has 7 heteroatoms. The second kappa shape index (κ2) is 8.19. The van der Waals surface area contributed by atoms with Gasteiger partial charge in [0, 0.05) is 31.6 Å². The predicted octanol–water partition coefficient (Wildman–Crippen LogP) is 0.548. The molecule has 21 heavy (non-hydrogen) atoms. The second-order valence-corrected chi connectivity index (χ2v) is 10.8. The summed E-state index contributed by atoms with van der Waals surface area (Å²) in [6.45, 7) is 6.49. The van der Waals surface area contributed by atoms with Crippen molar-refractivity contribution in [2.75, 3.05) is 12.3 Å². The monoisotopic (exact) mass is 325 g/mol. The van der Waals surface area contributed by atoms with Gasteiger partial charge in [-0.25, -0.2) is 0 Å². The Labute approximate surface area is 132 Å². The van der Waals surface area contributed by atoms with Gasteiger partial charge in [-0.1, -0.05) is 19.2 Å². The van der Waals surface area contributed by atoms with Gasteiger partial charge in [0.2, 0.25) is 11.8 Å². The Balaban J connectivity index is 2.48. The average Bonchev–Trinajstić information content (AvgIpc) is 2.45. The minimum atomic E-state index is -1.61. The molecule has 116 valence electrons. The van der Waals surface area contributed by atoms with Gasteiger partial charge in [0.15, 0.2) is 0 Å². The Morgan fingerprint density at radius 3 is 2.67 bits per heavy atom. The number of amides is 2. The number of carbonyl (C=O) groups is 2. The molecule has 1 aromatic heterocycles. The maximum Gasteiger partial charge on any atom is 0.243 e. The number of carbonyl (C=O) groups excluding carboxylic acids is 2. The van der Waals surface area contributed by atoms with Crippen molar-refractivity contribution < 1.29 is 9.59 Å². The van der Waals surface area contributed by atoms with Crippen molar-refractivity contribution in [2.45, 2.75) is 32.1 Å². The SMILES string of the molecule is CC(=O)NC(CS)C(=O)NCC[Si](C)(C)c1cccnc1. The second-order valence-electron chi connectivity index (χ2n) is 5.60. The molecule has 0 aliphatic rings. The Kier molecular flexibility index (Phi) is 6.90. The van der Waals surface area contributed by atoms with Crippen LogP contribution >= 0.6 is 12.6 Å². The minimum absolute atomic E-state index is 0.184. The van der Waals surface area contributed by atoms with Crippen LogP contribution in [0.15, 0.2) is 24.5 Å². The summed E-state index contributed by atoms with van der Waals surface area (Å²) < 4.78 is 0. The lowest BCUT2D eigenvalue weighted by Gasteiger charge is -2.23. The fourth-order valence-electron chi connectivity index (χ4n) is 1.97. The molecule has 0 spiro atoms. The van der Waals surface area contributed by atoms with E-state index >= 15 is 0 Å². The van der Waals surface area contributed by atoms with E-state index in [2.05, 4.69) is 47.4 Å². The summed E-state index contributed by atoms with van der Waals surface area (Å²) in [7, 11) is -1.61. The summed E-state index contributed by atoms with van der Waals surface area (Å²) in [5, 5.41) is 6.73. The summed E-state index contributed by atoms with van der Waals surface area (Å²) in [6.07, 6.45) is 3.67. The van der Waals surface area contributed by atoms with Crippen LogP contribution in [-0.4, -0.2) is 43.2 Å². The van der Waals surface area contributed by atoms with E-state index in [1.807, 2.05) is 12.3 Å². The number of hydrogen-bond acceptors (Lipinski definition) is 4. The van der Waals surface area contributed by atoms with E-state index in [0.717, 1.165) is 6.04 Å². The standard InChI is InChI=1S/C14H23N3O2SSi/c1-11(18)17-13(10-20)14(19)16-7-8-21(2,3)12-5-4-6-15-9-12/h4-6,9,13,20H,7-8,10H2,1-3H3,(H,16,19)(H,17,18). The first kappa shape index (κ1) is 17.7. The van der Waals surface area contributed by atoms with Crippen LogP contribution in [0.25, 0.3) is 0 Å². The first-order valence-electron chi connectivity index (χ1n) is 6.93. The first-order chi connectivity index (χ1) is 9.86. The molecule has 0 aromatic carbocycles. The molecule has 0 fully saturated rings. The summed E-state index contributed by atoms with van der Waals surface area (Å²) in [5.41, 5.74) is 0. The fourth-order valence-corrected chi connectivity index (χ4v) is 4.24. The lowest BCUT2D eigenvalue weighted by Crippen LogP contribution is -2.49. The van der Waals surface area contributed by atoms with E-state index in [9.17, 15) is 9.59 Å². The zero-order chi connectivity index (χ0) is 15.9. The average molecular weight is 326 g/mol. The van der Waals surface area contributed by atoms with Crippen molar-refractivity contribution in [3.8, 4) is 0 Å². The third-order valence-electron chi connectivity index (χ3n) is 3.37. The van der Waals surface area contributed by atoms with Crippen molar-refractivity contribution in [1.82, 2.24) is 15.6 Å². The van der Waals surface area contributed by atoms with Gasteiger partial charge < -0.3 is 10.6 Å². The van der Waals surface area contributed by atoms with Crippen LogP contribution in [0.2, 0.25) is 19.1 Å². The van der Waals surface area contributed by atoms with Crippen LogP contribution in [0.3, 0.4) is 0 Å². The molecular formula is C14H23N3O2SSi. The van der Waals surface area contributed by atoms with Crippen molar-refractivity contribution >= 4 is 37.7 Å². The molecule has 1 unspecified atom stereocenters. The van der Waals surface area contributed by atoms with Gasteiger partial charge in [-0.05, 0) is 17.3 Å². The Hall–Kier alpha value is -1.34. The molecule has 0 saturated carbocycles. The molecule has 1 atom stereocenters. The molecule has 0 aliphatic carbocycles. The highest BCUT2D eigenvalue weighted by atomic mass is 32.1. The molecule has 0 radical (unpaired) electrons. The summed E-state index contributed by atoms with van der Waals surface area (Å²) >= 11 is 4.09. The number of thiol groups is 1. The van der Waals surface area contributed by atoms with Crippen LogP contribution in [0.4, 0.5) is 0 Å². The third kappa shape index (κ3) is 5.89. The Morgan fingerprint density at radius 1 is 1.43 bits per heavy atom. The molecule has 5 nitrogen and oxygen atoms in total. The van der Waals surface area contributed by atoms with Crippen molar-refractivity contribution in [2.24, 2.45) is 0 Å². The number of nitrogens with zero attached hydrogens (tertiary/aromatic N) is 1. The maximum atomic E-state index is 12.0. The van der Waals surface area contributed by atoms with Crippen LogP contribution in [0.1, 0.15) is 6.92 Å². The lowest BCUT2D eigenvalue weighted by atomic mass is 10.3. The third-order valence-corrected chi connectivity index (χ3v) is 7.09. The van der Waals surface area contributed by atoms with E-state index in [0.29, 0.717) is 6.54 Å². The molecule has 0 saturated heterocycles. The van der Waals surface area contributed by atoms with E-state index < -0.39 is 14.1 Å². The van der Waals surface area contributed by atoms with Crippen LogP contribution in [0, 0.1) is 0 Å². The number of pyridine rings is 1. The van der Waals surface area contributed by atoms with E-state index in [4.69, 9.17) is 0 Å². The Bertz CT molecular complexity index is 482. The van der Waals surface area contributed by atoms with E-state index in [-0.39, 0.29) is 17.6 Å². The van der Waals surface area contributed by atoms with Gasteiger partial charge in [-0.2, -0.15) is 12.6 Å². The Morgan fingerprint density at radius 2 is 2.14 bits per heavy atom. The van der Waals surface area contributed by atoms with Gasteiger partial charge in [-0.15, -0.1) is 0 Å². The largest absolute Gasteiger partial charge is 0.355 e. The van der Waals surface area contributed by atoms with Gasteiger partial charge in [0.05, 0.1) is 8.07 Å². The number of nitrogens with one attached hydrogen (secondary N) is 2. The smallest absolute Gasteiger partial charge is 0.243 e. The fraction of sp³-hybridized carbons (Fsp3) is 0.500. The van der Waals surface area contributed by atoms with Crippen LogP contribution in [0.5, 0.6) is 0 Å². The molecular weight excluding hydrogens is 302 g/mol. The van der Waals surface area contributed by atoms with Crippen molar-refractivity contribution in [1.29, 1.82) is 0 Å². The maximum absolute atomic E-state index is 12.0. The summed E-state index contributed by atoms with van der Waals surface area (Å²) in [5.74, 6) is -0.125. The molecule has 1 rings (SSSR count). The number of rotatable bonds is 7. The highest BCUT2D eigenvalue weighted by molar-refractivity contribution is 7.80. The minimum Gasteiger partial charge on any atom is -0.355 e. The van der Waals surface area contributed by atoms with Crippen molar-refractivity contribution in [3.63, 3.8) is 0 Å². The van der Waals surface area contributed by atoms with Gasteiger partial charge in [-0.3, -0.25) is 14.6 Å². The normalized spacial score (nSPS) is 12.6. The summed E-state index contributed by atoms with van der Waals surface area (Å²) in [4.78, 5) is 27.1. The quantitative estimate of drug-likeness (QED) is 0.506. The zero-order valence-electron chi connectivity index (χ0n) is 12.7. The van der Waals surface area contributed by atoms with Gasteiger partial charge in [0.25, 0.3) is 0 Å². The molecule has 0 bridgehead atoms. The molecule has 2 amide bonds. The van der Waals surface area contributed by atoms with Crippen molar-refractivity contribution in [3.05, 3.63) is 24.5 Å². The molecule has 2 N–H and O–H groups in total. The molecule has 1 aromatic rings. The highest BCUT2D eigenvalue weighted by Crippen LogP contribution is 2.08. The number of hydrogen-bond donors (Lipinski definition) is 3. The summed E-state index contributed by atoms with van der Waals surface area (Å²) in [6, 6.07) is 4.38. The predicted molar refractivity (Wildman–Crippen MR) is 90.6 cm³/mol. The van der Waals surface area contributed by atoms with Gasteiger partial charge in [0.1, 0.15) is 6.04 Å².